The number of hydrogen-bond donors (Lipinski definition) is 0. The van der Waals surface area contributed by atoms with Gasteiger partial charge in [-0.1, -0.05) is 32.3 Å². The van der Waals surface area contributed by atoms with Crippen LogP contribution in [0.4, 0.5) is 11.6 Å². The van der Waals surface area contributed by atoms with E-state index in [1.807, 2.05) is 4.57 Å². The molecule has 0 radical (unpaired) electrons. The number of benzene rings is 1. The first-order valence-electron chi connectivity index (χ1n) is 11.0. The van der Waals surface area contributed by atoms with Gasteiger partial charge in [-0.05, 0) is 49.9 Å². The second kappa shape index (κ2) is 8.13. The summed E-state index contributed by atoms with van der Waals surface area (Å²) in [4.78, 5) is 33.1. The van der Waals surface area contributed by atoms with Crippen molar-refractivity contribution in [3.05, 3.63) is 50.2 Å². The van der Waals surface area contributed by atoms with E-state index in [2.05, 4.69) is 43.9 Å². The van der Waals surface area contributed by atoms with Crippen molar-refractivity contribution in [1.82, 2.24) is 18.7 Å². The molecule has 30 heavy (non-hydrogen) atoms. The van der Waals surface area contributed by atoms with Gasteiger partial charge in [0.25, 0.3) is 5.56 Å². The third-order valence-corrected chi connectivity index (χ3v) is 6.25. The Balaban J connectivity index is 1.83. The fraction of sp³-hybridized carbons (Fsp3) is 0.522. The van der Waals surface area contributed by atoms with E-state index >= 15 is 0 Å². The zero-order chi connectivity index (χ0) is 21.4. The molecule has 3 heterocycles. The lowest BCUT2D eigenvalue weighted by molar-refractivity contribution is 0.536. The highest BCUT2D eigenvalue weighted by Gasteiger charge is 2.27. The molecule has 1 aliphatic heterocycles. The van der Waals surface area contributed by atoms with Gasteiger partial charge in [-0.3, -0.25) is 13.9 Å². The Hall–Kier alpha value is -2.83. The molecule has 0 unspecified atom stereocenters. The van der Waals surface area contributed by atoms with Gasteiger partial charge < -0.3 is 9.47 Å². The van der Waals surface area contributed by atoms with E-state index in [0.29, 0.717) is 17.7 Å². The second-order valence-corrected chi connectivity index (χ2v) is 8.37. The molecule has 0 amide bonds. The van der Waals surface area contributed by atoms with E-state index in [-0.39, 0.29) is 11.2 Å². The lowest BCUT2D eigenvalue weighted by atomic mass is 10.1. The Kier molecular flexibility index (Phi) is 5.54. The first-order chi connectivity index (χ1) is 14.4. The summed E-state index contributed by atoms with van der Waals surface area (Å²) in [6, 6.07) is 6.38. The van der Waals surface area contributed by atoms with Crippen molar-refractivity contribution >= 4 is 22.8 Å². The van der Waals surface area contributed by atoms with Crippen LogP contribution in [-0.2, 0) is 20.1 Å². The molecule has 160 valence electrons. The number of nitrogens with zero attached hydrogens (tertiary/aromatic N) is 5. The van der Waals surface area contributed by atoms with Gasteiger partial charge in [0.15, 0.2) is 11.2 Å². The van der Waals surface area contributed by atoms with Gasteiger partial charge >= 0.3 is 5.69 Å². The smallest absolute Gasteiger partial charge is 0.312 e. The molecule has 0 spiro atoms. The molecular formula is C23H31N5O2. The molecule has 1 aromatic carbocycles. The van der Waals surface area contributed by atoms with Crippen molar-refractivity contribution < 1.29 is 0 Å². The van der Waals surface area contributed by atoms with Crippen molar-refractivity contribution in [2.24, 2.45) is 7.05 Å². The molecule has 0 saturated carbocycles. The van der Waals surface area contributed by atoms with E-state index in [1.165, 1.54) is 20.3 Å². The highest BCUT2D eigenvalue weighted by atomic mass is 16.2. The van der Waals surface area contributed by atoms with E-state index in [0.717, 1.165) is 56.8 Å². The maximum absolute atomic E-state index is 13.3. The Morgan fingerprint density at radius 1 is 1.03 bits per heavy atom. The molecule has 0 N–H and O–H groups in total. The van der Waals surface area contributed by atoms with Gasteiger partial charge in [-0.2, -0.15) is 4.98 Å². The summed E-state index contributed by atoms with van der Waals surface area (Å²) in [6.07, 6.45) is 5.02. The molecular weight excluding hydrogens is 378 g/mol. The van der Waals surface area contributed by atoms with Crippen LogP contribution in [0.1, 0.15) is 50.2 Å². The molecule has 3 aromatic rings. The molecule has 1 aliphatic rings. The summed E-state index contributed by atoms with van der Waals surface area (Å²) in [5.41, 5.74) is 4.05. The van der Waals surface area contributed by atoms with E-state index in [4.69, 9.17) is 4.98 Å². The number of hydrogen-bond acceptors (Lipinski definition) is 4. The highest BCUT2D eigenvalue weighted by molar-refractivity contribution is 5.77. The van der Waals surface area contributed by atoms with Gasteiger partial charge in [0.05, 0.1) is 0 Å². The third kappa shape index (κ3) is 3.36. The minimum atomic E-state index is -0.280. The molecule has 0 fully saturated rings. The molecule has 7 heteroatoms. The Morgan fingerprint density at radius 3 is 2.57 bits per heavy atom. The maximum atomic E-state index is 13.3. The van der Waals surface area contributed by atoms with Crippen molar-refractivity contribution in [3.63, 3.8) is 0 Å². The SMILES string of the molecule is CCCCCCn1c(=O)c2c(nc3n2CCCN3c2ccc(C)c(C)c2)n(C)c1=O. The first kappa shape index (κ1) is 20.4. The lowest BCUT2D eigenvalue weighted by Crippen LogP contribution is -2.40. The quantitative estimate of drug-likeness (QED) is 0.583. The summed E-state index contributed by atoms with van der Waals surface area (Å²) in [5, 5.41) is 0. The number of rotatable bonds is 6. The minimum absolute atomic E-state index is 0.217. The molecule has 4 rings (SSSR count). The Labute approximate surface area is 176 Å². The van der Waals surface area contributed by atoms with Gasteiger partial charge in [0.1, 0.15) is 0 Å². The first-order valence-corrected chi connectivity index (χ1v) is 11.0. The van der Waals surface area contributed by atoms with Gasteiger partial charge in [-0.15, -0.1) is 0 Å². The third-order valence-electron chi connectivity index (χ3n) is 6.25. The Morgan fingerprint density at radius 2 is 1.83 bits per heavy atom. The summed E-state index contributed by atoms with van der Waals surface area (Å²) in [5.74, 6) is 0.746. The molecule has 0 atom stereocenters. The number of aryl methyl sites for hydroxylation is 4. The molecule has 2 aromatic heterocycles. The van der Waals surface area contributed by atoms with E-state index < -0.39 is 0 Å². The number of unbranched alkanes of at least 4 members (excludes halogenated alkanes) is 3. The highest BCUT2D eigenvalue weighted by Crippen LogP contribution is 2.31. The van der Waals surface area contributed by atoms with Crippen LogP contribution in [0.5, 0.6) is 0 Å². The van der Waals surface area contributed by atoms with Gasteiger partial charge in [-0.25, -0.2) is 4.79 Å². The summed E-state index contributed by atoms with van der Waals surface area (Å²) < 4.78 is 4.92. The van der Waals surface area contributed by atoms with Crippen molar-refractivity contribution in [2.75, 3.05) is 11.4 Å². The molecule has 0 saturated heterocycles. The fourth-order valence-corrected chi connectivity index (χ4v) is 4.30. The summed E-state index contributed by atoms with van der Waals surface area (Å²) >= 11 is 0. The second-order valence-electron chi connectivity index (χ2n) is 8.37. The van der Waals surface area contributed by atoms with Crippen LogP contribution >= 0.6 is 0 Å². The van der Waals surface area contributed by atoms with E-state index in [1.54, 1.807) is 7.05 Å². The van der Waals surface area contributed by atoms with Crippen molar-refractivity contribution in [2.45, 2.75) is 66.0 Å². The van der Waals surface area contributed by atoms with Crippen LogP contribution in [0.3, 0.4) is 0 Å². The summed E-state index contributed by atoms with van der Waals surface area (Å²) in [7, 11) is 1.71. The standard InChI is InChI=1S/C23H31N5O2/c1-5-6-7-8-12-28-21(29)19-20(25(4)23(28)30)24-22-26(13-9-14-27(19)22)18-11-10-16(2)17(3)15-18/h10-11,15H,5-9,12-14H2,1-4H3. The monoisotopic (exact) mass is 409 g/mol. The van der Waals surface area contributed by atoms with Crippen LogP contribution in [0.25, 0.3) is 11.2 Å². The number of fused-ring (bicyclic) bond motifs is 3. The Bertz CT molecular complexity index is 1200. The maximum Gasteiger partial charge on any atom is 0.332 e. The largest absolute Gasteiger partial charge is 0.332 e. The zero-order valence-electron chi connectivity index (χ0n) is 18.4. The van der Waals surface area contributed by atoms with Gasteiger partial charge in [0.2, 0.25) is 5.95 Å². The predicted octanol–water partition coefficient (Wildman–Crippen LogP) is 3.64. The number of anilines is 2. The summed E-state index contributed by atoms with van der Waals surface area (Å²) in [6.45, 7) is 8.39. The molecule has 0 aliphatic carbocycles. The number of imidazole rings is 1. The van der Waals surface area contributed by atoms with E-state index in [9.17, 15) is 9.59 Å². The fourth-order valence-electron chi connectivity index (χ4n) is 4.30. The lowest BCUT2D eigenvalue weighted by Gasteiger charge is -2.29. The molecule has 0 bridgehead atoms. The predicted molar refractivity (Wildman–Crippen MR) is 121 cm³/mol. The average Bonchev–Trinajstić information content (AvgIpc) is 3.13. The van der Waals surface area contributed by atoms with Crippen LogP contribution in [-0.4, -0.2) is 25.2 Å². The number of aromatic nitrogens is 4. The van der Waals surface area contributed by atoms with Crippen LogP contribution < -0.4 is 16.1 Å². The minimum Gasteiger partial charge on any atom is -0.312 e. The van der Waals surface area contributed by atoms with Crippen molar-refractivity contribution in [3.8, 4) is 0 Å². The normalized spacial score (nSPS) is 13.8. The van der Waals surface area contributed by atoms with Crippen LogP contribution in [0.2, 0.25) is 0 Å². The van der Waals surface area contributed by atoms with Crippen molar-refractivity contribution in [1.29, 1.82) is 0 Å². The average molecular weight is 410 g/mol. The zero-order valence-corrected chi connectivity index (χ0v) is 18.4. The topological polar surface area (TPSA) is 65.1 Å². The van der Waals surface area contributed by atoms with Gasteiger partial charge in [0, 0.05) is 32.4 Å². The van der Waals surface area contributed by atoms with Crippen LogP contribution in [0, 0.1) is 13.8 Å². The molecule has 7 nitrogen and oxygen atoms in total. The van der Waals surface area contributed by atoms with Crippen LogP contribution in [0.15, 0.2) is 27.8 Å².